The molecule has 8 heteroatoms. The van der Waals surface area contributed by atoms with Crippen LogP contribution in [0.25, 0.3) is 0 Å². The Labute approximate surface area is 131 Å². The molecule has 0 fully saturated rings. The van der Waals surface area contributed by atoms with Gasteiger partial charge in [0.1, 0.15) is 10.2 Å². The highest BCUT2D eigenvalue weighted by Crippen LogP contribution is 2.24. The average molecular weight is 333 g/mol. The summed E-state index contributed by atoms with van der Waals surface area (Å²) >= 11 is 13.2. The number of aromatic nitrogens is 3. The van der Waals surface area contributed by atoms with Crippen LogP contribution in [0.15, 0.2) is 6.33 Å². The smallest absolute Gasteiger partial charge is 0.188 e. The Morgan fingerprint density at radius 3 is 2.70 bits per heavy atom. The maximum Gasteiger partial charge on any atom is 0.188 e. The second kappa shape index (κ2) is 6.22. The predicted octanol–water partition coefficient (Wildman–Crippen LogP) is 2.75. The minimum absolute atomic E-state index is 0.0750. The van der Waals surface area contributed by atoms with Crippen molar-refractivity contribution >= 4 is 40.3 Å². The summed E-state index contributed by atoms with van der Waals surface area (Å²) in [5.74, 6) is 0.0750. The zero-order chi connectivity index (χ0) is 14.9. The molecule has 0 saturated heterocycles. The Kier molecular flexibility index (Phi) is 4.80. The van der Waals surface area contributed by atoms with Crippen molar-refractivity contribution in [1.29, 1.82) is 0 Å². The average Bonchev–Trinajstić information content (AvgIpc) is 2.86. The Morgan fingerprint density at radius 1 is 1.45 bits per heavy atom. The standard InChI is InChI=1S/C12H14Cl2N4OS/c1-7-10(8(19)4-17(2)3)20-9(16-7)5-18-6-15-11(13)12(18)14/h6H,4-5H2,1-3H3. The third-order valence-electron chi connectivity index (χ3n) is 2.59. The Bertz CT molecular complexity index is 635. The summed E-state index contributed by atoms with van der Waals surface area (Å²) in [4.78, 5) is 22.9. The quantitative estimate of drug-likeness (QED) is 0.790. The Hall–Kier alpha value is -0.950. The number of hydrogen-bond acceptors (Lipinski definition) is 5. The number of Topliss-reactive ketones (excluding diaryl/α,β-unsaturated/α-hetero) is 1. The van der Waals surface area contributed by atoms with Crippen LogP contribution in [0.1, 0.15) is 20.4 Å². The third kappa shape index (κ3) is 3.38. The molecule has 20 heavy (non-hydrogen) atoms. The van der Waals surface area contributed by atoms with E-state index in [1.807, 2.05) is 25.9 Å². The van der Waals surface area contributed by atoms with Gasteiger partial charge in [0.15, 0.2) is 10.9 Å². The van der Waals surface area contributed by atoms with Gasteiger partial charge >= 0.3 is 0 Å². The maximum absolute atomic E-state index is 12.1. The largest absolute Gasteiger partial charge is 0.313 e. The number of hydrogen-bond donors (Lipinski definition) is 0. The van der Waals surface area contributed by atoms with Gasteiger partial charge < -0.3 is 9.47 Å². The number of imidazole rings is 1. The fourth-order valence-corrected chi connectivity index (χ4v) is 3.03. The predicted molar refractivity (Wildman–Crippen MR) is 81.1 cm³/mol. The van der Waals surface area contributed by atoms with Crippen molar-refractivity contribution in [2.75, 3.05) is 20.6 Å². The lowest BCUT2D eigenvalue weighted by molar-refractivity contribution is 0.0961. The zero-order valence-corrected chi connectivity index (χ0v) is 13.7. The summed E-state index contributed by atoms with van der Waals surface area (Å²) in [5.41, 5.74) is 0.749. The number of carbonyl (C=O) groups is 1. The third-order valence-corrected chi connectivity index (χ3v) is 4.55. The van der Waals surface area contributed by atoms with Crippen LogP contribution in [-0.4, -0.2) is 45.9 Å². The van der Waals surface area contributed by atoms with Gasteiger partial charge in [-0.25, -0.2) is 9.97 Å². The van der Waals surface area contributed by atoms with Crippen molar-refractivity contribution in [3.63, 3.8) is 0 Å². The number of nitrogens with zero attached hydrogens (tertiary/aromatic N) is 4. The van der Waals surface area contributed by atoms with Gasteiger partial charge in [-0.15, -0.1) is 11.3 Å². The number of rotatable bonds is 5. The molecule has 2 aromatic rings. The molecule has 0 aliphatic carbocycles. The van der Waals surface area contributed by atoms with Gasteiger partial charge in [-0.3, -0.25) is 4.79 Å². The summed E-state index contributed by atoms with van der Waals surface area (Å²) in [5, 5.41) is 1.45. The van der Waals surface area contributed by atoms with E-state index in [0.29, 0.717) is 23.1 Å². The van der Waals surface area contributed by atoms with Crippen LogP contribution in [0.3, 0.4) is 0 Å². The second-order valence-electron chi connectivity index (χ2n) is 4.64. The van der Waals surface area contributed by atoms with Crippen molar-refractivity contribution in [2.45, 2.75) is 13.5 Å². The minimum atomic E-state index is 0.0750. The van der Waals surface area contributed by atoms with E-state index < -0.39 is 0 Å². The molecule has 2 heterocycles. The van der Waals surface area contributed by atoms with Gasteiger partial charge in [0, 0.05) is 0 Å². The molecule has 2 rings (SSSR count). The first-order valence-corrected chi connectivity index (χ1v) is 7.46. The van der Waals surface area contributed by atoms with Crippen LogP contribution >= 0.6 is 34.5 Å². The zero-order valence-electron chi connectivity index (χ0n) is 11.4. The molecule has 0 aliphatic rings. The van der Waals surface area contributed by atoms with E-state index >= 15 is 0 Å². The van der Waals surface area contributed by atoms with Crippen molar-refractivity contribution in [3.8, 4) is 0 Å². The second-order valence-corrected chi connectivity index (χ2v) is 6.44. The SMILES string of the molecule is Cc1nc(Cn2cnc(Cl)c2Cl)sc1C(=O)CN(C)C. The minimum Gasteiger partial charge on any atom is -0.313 e. The summed E-state index contributed by atoms with van der Waals surface area (Å²) in [6.45, 7) is 2.67. The normalized spacial score (nSPS) is 11.3. The van der Waals surface area contributed by atoms with E-state index in [9.17, 15) is 4.79 Å². The Balaban J connectivity index is 2.19. The number of likely N-dealkylation sites (N-methyl/N-ethyl adjacent to an activating group) is 1. The fourth-order valence-electron chi connectivity index (χ4n) is 1.74. The highest BCUT2D eigenvalue weighted by Gasteiger charge is 2.17. The van der Waals surface area contributed by atoms with E-state index in [-0.39, 0.29) is 10.9 Å². The first-order valence-electron chi connectivity index (χ1n) is 5.89. The molecule has 0 aromatic carbocycles. The molecule has 5 nitrogen and oxygen atoms in total. The van der Waals surface area contributed by atoms with Crippen LogP contribution < -0.4 is 0 Å². The van der Waals surface area contributed by atoms with Gasteiger partial charge in [0.25, 0.3) is 0 Å². The molecular weight excluding hydrogens is 319 g/mol. The molecule has 0 saturated carbocycles. The van der Waals surface area contributed by atoms with Gasteiger partial charge in [0.2, 0.25) is 0 Å². The number of ketones is 1. The van der Waals surface area contributed by atoms with Gasteiger partial charge in [-0.2, -0.15) is 0 Å². The lowest BCUT2D eigenvalue weighted by Gasteiger charge is -2.06. The lowest BCUT2D eigenvalue weighted by atomic mass is 10.3. The molecule has 0 bridgehead atoms. The molecule has 0 unspecified atom stereocenters. The van der Waals surface area contributed by atoms with Crippen LogP contribution in [0, 0.1) is 6.92 Å². The van der Waals surface area contributed by atoms with Crippen molar-refractivity contribution < 1.29 is 4.79 Å². The number of carbonyl (C=O) groups excluding carboxylic acids is 1. The molecule has 0 atom stereocenters. The first kappa shape index (κ1) is 15.4. The highest BCUT2D eigenvalue weighted by atomic mass is 35.5. The molecular formula is C12H14Cl2N4OS. The number of aryl methyl sites for hydroxylation is 1. The van der Waals surface area contributed by atoms with Crippen LogP contribution in [-0.2, 0) is 6.54 Å². The van der Waals surface area contributed by atoms with Crippen LogP contribution in [0.5, 0.6) is 0 Å². The Morgan fingerprint density at radius 2 is 2.15 bits per heavy atom. The van der Waals surface area contributed by atoms with Crippen molar-refractivity contribution in [2.24, 2.45) is 0 Å². The molecule has 2 aromatic heterocycles. The van der Waals surface area contributed by atoms with Crippen molar-refractivity contribution in [1.82, 2.24) is 19.4 Å². The maximum atomic E-state index is 12.1. The van der Waals surface area contributed by atoms with Gasteiger partial charge in [-0.05, 0) is 21.0 Å². The highest BCUT2D eigenvalue weighted by molar-refractivity contribution is 7.13. The molecule has 0 N–H and O–H groups in total. The van der Waals surface area contributed by atoms with E-state index in [1.165, 1.54) is 11.3 Å². The summed E-state index contributed by atoms with van der Waals surface area (Å²) in [7, 11) is 3.73. The van der Waals surface area contributed by atoms with Gasteiger partial charge in [-0.1, -0.05) is 23.2 Å². The summed E-state index contributed by atoms with van der Waals surface area (Å²) < 4.78 is 1.70. The molecule has 108 valence electrons. The topological polar surface area (TPSA) is 51.0 Å². The van der Waals surface area contributed by atoms with E-state index in [4.69, 9.17) is 23.2 Å². The van der Waals surface area contributed by atoms with Crippen molar-refractivity contribution in [3.05, 3.63) is 32.2 Å². The molecule has 0 spiro atoms. The van der Waals surface area contributed by atoms with Gasteiger partial charge in [0.05, 0.1) is 30.0 Å². The van der Waals surface area contributed by atoms with E-state index in [2.05, 4.69) is 9.97 Å². The van der Waals surface area contributed by atoms with Crippen LogP contribution in [0.4, 0.5) is 0 Å². The number of halogens is 2. The monoisotopic (exact) mass is 332 g/mol. The lowest BCUT2D eigenvalue weighted by Crippen LogP contribution is -2.21. The summed E-state index contributed by atoms with van der Waals surface area (Å²) in [6.07, 6.45) is 1.56. The molecule has 0 aliphatic heterocycles. The fraction of sp³-hybridized carbons (Fsp3) is 0.417. The number of thiazole rings is 1. The van der Waals surface area contributed by atoms with E-state index in [0.717, 1.165) is 10.7 Å². The summed E-state index contributed by atoms with van der Waals surface area (Å²) in [6, 6.07) is 0. The molecule has 0 amide bonds. The van der Waals surface area contributed by atoms with E-state index in [1.54, 1.807) is 10.9 Å². The first-order chi connectivity index (χ1) is 9.38. The van der Waals surface area contributed by atoms with Crippen LogP contribution in [0.2, 0.25) is 10.3 Å². The molecule has 0 radical (unpaired) electrons.